The Bertz CT molecular complexity index is 472. The Morgan fingerprint density at radius 1 is 1.29 bits per heavy atom. The summed E-state index contributed by atoms with van der Waals surface area (Å²) in [7, 11) is 3.95. The van der Waals surface area contributed by atoms with Crippen molar-refractivity contribution in [2.45, 2.75) is 0 Å². The Morgan fingerprint density at radius 3 is 2.62 bits per heavy atom. The molecule has 5 nitrogen and oxygen atoms in total. The molecule has 1 aromatic rings. The first-order valence-electron chi connectivity index (χ1n) is 7.24. The summed E-state index contributed by atoms with van der Waals surface area (Å²) in [6.07, 6.45) is 0. The van der Waals surface area contributed by atoms with Crippen LogP contribution in [0.2, 0.25) is 0 Å². The number of amides is 2. The van der Waals surface area contributed by atoms with Crippen LogP contribution in [-0.4, -0.2) is 69.2 Å². The summed E-state index contributed by atoms with van der Waals surface area (Å²) < 4.78 is 13.2. The third-order valence-electron chi connectivity index (χ3n) is 3.58. The first kappa shape index (κ1) is 15.6. The Balaban J connectivity index is 1.79. The summed E-state index contributed by atoms with van der Waals surface area (Å²) in [4.78, 5) is 17.9. The topological polar surface area (TPSA) is 38.8 Å². The molecule has 0 atom stereocenters. The van der Waals surface area contributed by atoms with Crippen LogP contribution in [0.3, 0.4) is 0 Å². The highest BCUT2D eigenvalue weighted by molar-refractivity contribution is 5.74. The third kappa shape index (κ3) is 4.60. The van der Waals surface area contributed by atoms with Crippen LogP contribution in [0.25, 0.3) is 0 Å². The minimum Gasteiger partial charge on any atom is -0.368 e. The number of benzene rings is 1. The van der Waals surface area contributed by atoms with Gasteiger partial charge in [-0.15, -0.1) is 0 Å². The van der Waals surface area contributed by atoms with Gasteiger partial charge in [-0.3, -0.25) is 0 Å². The second-order valence-corrected chi connectivity index (χ2v) is 5.49. The zero-order valence-corrected chi connectivity index (χ0v) is 12.7. The number of nitrogens with one attached hydrogen (secondary N) is 1. The number of carbonyl (C=O) groups excluding carboxylic acids is 1. The summed E-state index contributed by atoms with van der Waals surface area (Å²) in [5, 5.41) is 2.91. The van der Waals surface area contributed by atoms with Crippen LogP contribution >= 0.6 is 0 Å². The van der Waals surface area contributed by atoms with E-state index in [-0.39, 0.29) is 11.8 Å². The van der Waals surface area contributed by atoms with Crippen molar-refractivity contribution in [1.82, 2.24) is 15.1 Å². The molecule has 1 heterocycles. The van der Waals surface area contributed by atoms with Crippen molar-refractivity contribution < 1.29 is 9.18 Å². The van der Waals surface area contributed by atoms with E-state index in [9.17, 15) is 9.18 Å². The quantitative estimate of drug-likeness (QED) is 0.907. The molecular formula is C15H23FN4O. The molecule has 21 heavy (non-hydrogen) atoms. The monoisotopic (exact) mass is 294 g/mol. The lowest BCUT2D eigenvalue weighted by atomic mass is 10.2. The predicted molar refractivity (Wildman–Crippen MR) is 82.1 cm³/mol. The molecule has 1 saturated heterocycles. The van der Waals surface area contributed by atoms with Gasteiger partial charge in [0.05, 0.1) is 0 Å². The van der Waals surface area contributed by atoms with Crippen LogP contribution in [0, 0.1) is 5.82 Å². The van der Waals surface area contributed by atoms with E-state index in [4.69, 9.17) is 0 Å². The third-order valence-corrected chi connectivity index (χ3v) is 3.58. The van der Waals surface area contributed by atoms with E-state index < -0.39 is 0 Å². The SMILES string of the molecule is CN(C)CCNC(=O)N1CCN(c2cccc(F)c2)CC1. The zero-order chi connectivity index (χ0) is 15.2. The molecule has 2 amide bonds. The molecule has 0 aliphatic carbocycles. The van der Waals surface area contributed by atoms with E-state index in [0.29, 0.717) is 19.6 Å². The Kier molecular flexibility index (Phi) is 5.38. The number of rotatable bonds is 4. The van der Waals surface area contributed by atoms with Crippen molar-refractivity contribution in [1.29, 1.82) is 0 Å². The van der Waals surface area contributed by atoms with E-state index >= 15 is 0 Å². The molecule has 1 aliphatic rings. The first-order chi connectivity index (χ1) is 10.1. The lowest BCUT2D eigenvalue weighted by molar-refractivity contribution is 0.193. The largest absolute Gasteiger partial charge is 0.368 e. The van der Waals surface area contributed by atoms with E-state index in [1.54, 1.807) is 6.07 Å². The summed E-state index contributed by atoms with van der Waals surface area (Å²) in [6.45, 7) is 4.24. The maximum Gasteiger partial charge on any atom is 0.317 e. The molecule has 1 aromatic carbocycles. The number of piperazine rings is 1. The predicted octanol–water partition coefficient (Wildman–Crippen LogP) is 1.22. The summed E-state index contributed by atoms with van der Waals surface area (Å²) in [5.74, 6) is -0.226. The van der Waals surface area contributed by atoms with Crippen LogP contribution in [0.4, 0.5) is 14.9 Å². The van der Waals surface area contributed by atoms with E-state index in [1.165, 1.54) is 12.1 Å². The molecule has 0 saturated carbocycles. The molecule has 0 spiro atoms. The van der Waals surface area contributed by atoms with Gasteiger partial charge in [0.25, 0.3) is 0 Å². The minimum absolute atomic E-state index is 0.0178. The van der Waals surface area contributed by atoms with Crippen LogP contribution in [0.1, 0.15) is 0 Å². The highest BCUT2D eigenvalue weighted by Crippen LogP contribution is 2.17. The fourth-order valence-electron chi connectivity index (χ4n) is 2.34. The Morgan fingerprint density at radius 2 is 2.00 bits per heavy atom. The number of urea groups is 1. The molecule has 2 rings (SSSR count). The molecular weight excluding hydrogens is 271 g/mol. The van der Waals surface area contributed by atoms with Gasteiger partial charge in [0.2, 0.25) is 0 Å². The number of likely N-dealkylation sites (N-methyl/N-ethyl adjacent to an activating group) is 1. The number of hydrogen-bond acceptors (Lipinski definition) is 3. The van der Waals surface area contributed by atoms with Gasteiger partial charge >= 0.3 is 6.03 Å². The normalized spacial score (nSPS) is 15.4. The van der Waals surface area contributed by atoms with E-state index in [1.807, 2.05) is 30.0 Å². The number of halogens is 1. The van der Waals surface area contributed by atoms with Crippen molar-refractivity contribution in [3.05, 3.63) is 30.1 Å². The maximum atomic E-state index is 13.2. The average molecular weight is 294 g/mol. The Labute approximate surface area is 125 Å². The number of nitrogens with zero attached hydrogens (tertiary/aromatic N) is 3. The van der Waals surface area contributed by atoms with Crippen molar-refractivity contribution in [3.8, 4) is 0 Å². The molecule has 6 heteroatoms. The summed E-state index contributed by atoms with van der Waals surface area (Å²) >= 11 is 0. The number of carbonyl (C=O) groups is 1. The highest BCUT2D eigenvalue weighted by Gasteiger charge is 2.21. The van der Waals surface area contributed by atoms with Crippen LogP contribution in [0.5, 0.6) is 0 Å². The highest BCUT2D eigenvalue weighted by atomic mass is 19.1. The number of hydrogen-bond donors (Lipinski definition) is 1. The van der Waals surface area contributed by atoms with Gasteiger partial charge in [-0.1, -0.05) is 6.07 Å². The first-order valence-corrected chi connectivity index (χ1v) is 7.24. The van der Waals surface area contributed by atoms with Gasteiger partial charge in [-0.25, -0.2) is 9.18 Å². The molecule has 0 unspecified atom stereocenters. The van der Waals surface area contributed by atoms with Crippen molar-refractivity contribution in [2.24, 2.45) is 0 Å². The molecule has 116 valence electrons. The summed E-state index contributed by atoms with van der Waals surface area (Å²) in [6, 6.07) is 6.57. The fraction of sp³-hybridized carbons (Fsp3) is 0.533. The van der Waals surface area contributed by atoms with Crippen LogP contribution in [-0.2, 0) is 0 Å². The van der Waals surface area contributed by atoms with Crippen molar-refractivity contribution in [2.75, 3.05) is 58.3 Å². The summed E-state index contributed by atoms with van der Waals surface area (Å²) in [5.41, 5.74) is 0.877. The van der Waals surface area contributed by atoms with Gasteiger partial charge in [0.15, 0.2) is 0 Å². The van der Waals surface area contributed by atoms with Gasteiger partial charge < -0.3 is 20.0 Å². The van der Waals surface area contributed by atoms with Crippen molar-refractivity contribution in [3.63, 3.8) is 0 Å². The molecule has 1 N–H and O–H groups in total. The standard InChI is InChI=1S/C15H23FN4O/c1-18(2)7-6-17-15(21)20-10-8-19(9-11-20)14-5-3-4-13(16)12-14/h3-5,12H,6-11H2,1-2H3,(H,17,21). The van der Waals surface area contributed by atoms with Crippen molar-refractivity contribution >= 4 is 11.7 Å². The smallest absolute Gasteiger partial charge is 0.317 e. The number of anilines is 1. The van der Waals surface area contributed by atoms with E-state index in [0.717, 1.165) is 25.3 Å². The van der Waals surface area contributed by atoms with Gasteiger partial charge in [-0.2, -0.15) is 0 Å². The molecule has 0 bridgehead atoms. The van der Waals surface area contributed by atoms with E-state index in [2.05, 4.69) is 10.2 Å². The second-order valence-electron chi connectivity index (χ2n) is 5.49. The fourth-order valence-corrected chi connectivity index (χ4v) is 2.34. The average Bonchev–Trinajstić information content (AvgIpc) is 2.47. The van der Waals surface area contributed by atoms with Gasteiger partial charge in [0.1, 0.15) is 5.82 Å². The van der Waals surface area contributed by atoms with Crippen LogP contribution < -0.4 is 10.2 Å². The Hall–Kier alpha value is -1.82. The zero-order valence-electron chi connectivity index (χ0n) is 12.7. The minimum atomic E-state index is -0.226. The maximum absolute atomic E-state index is 13.2. The lowest BCUT2D eigenvalue weighted by Crippen LogP contribution is -2.52. The lowest BCUT2D eigenvalue weighted by Gasteiger charge is -2.36. The molecule has 0 aromatic heterocycles. The molecule has 0 radical (unpaired) electrons. The second kappa shape index (κ2) is 7.26. The van der Waals surface area contributed by atoms with Crippen LogP contribution in [0.15, 0.2) is 24.3 Å². The molecule has 1 aliphatic heterocycles. The van der Waals surface area contributed by atoms with Gasteiger partial charge in [0, 0.05) is 45.0 Å². The van der Waals surface area contributed by atoms with Gasteiger partial charge in [-0.05, 0) is 32.3 Å². The molecule has 1 fully saturated rings.